The SMILES string of the molecule is CCOC(=O)c1cc(C(=O)Nc2cc(C)nc3ccccc23)cc([N+](=O)[O-])c1. The number of pyridine rings is 1. The van der Waals surface area contributed by atoms with Gasteiger partial charge in [-0.3, -0.25) is 19.9 Å². The van der Waals surface area contributed by atoms with Crippen LogP contribution in [0.25, 0.3) is 10.9 Å². The third-order valence-electron chi connectivity index (χ3n) is 3.99. The number of anilines is 1. The van der Waals surface area contributed by atoms with Gasteiger partial charge in [-0.1, -0.05) is 18.2 Å². The van der Waals surface area contributed by atoms with Crippen LogP contribution in [0.2, 0.25) is 0 Å². The fraction of sp³-hybridized carbons (Fsp3) is 0.150. The lowest BCUT2D eigenvalue weighted by Crippen LogP contribution is -2.15. The number of rotatable bonds is 5. The summed E-state index contributed by atoms with van der Waals surface area (Å²) >= 11 is 0. The molecular formula is C20H17N3O5. The summed E-state index contributed by atoms with van der Waals surface area (Å²) < 4.78 is 4.89. The van der Waals surface area contributed by atoms with Crippen molar-refractivity contribution in [3.63, 3.8) is 0 Å². The van der Waals surface area contributed by atoms with Crippen LogP contribution in [0.3, 0.4) is 0 Å². The minimum atomic E-state index is -0.731. The molecule has 0 radical (unpaired) electrons. The smallest absolute Gasteiger partial charge is 0.338 e. The van der Waals surface area contributed by atoms with Gasteiger partial charge in [0, 0.05) is 28.8 Å². The zero-order chi connectivity index (χ0) is 20.3. The molecular weight excluding hydrogens is 362 g/mol. The first-order valence-corrected chi connectivity index (χ1v) is 8.53. The normalized spacial score (nSPS) is 10.5. The molecule has 0 fully saturated rings. The zero-order valence-corrected chi connectivity index (χ0v) is 15.3. The lowest BCUT2D eigenvalue weighted by atomic mass is 10.1. The van der Waals surface area contributed by atoms with Crippen LogP contribution in [0.5, 0.6) is 0 Å². The van der Waals surface area contributed by atoms with Crippen molar-refractivity contribution in [3.8, 4) is 0 Å². The van der Waals surface area contributed by atoms with Crippen molar-refractivity contribution in [1.82, 2.24) is 4.98 Å². The van der Waals surface area contributed by atoms with E-state index in [1.807, 2.05) is 24.3 Å². The second-order valence-corrected chi connectivity index (χ2v) is 6.03. The maximum absolute atomic E-state index is 12.8. The number of fused-ring (bicyclic) bond motifs is 1. The number of para-hydroxylation sites is 1. The average Bonchev–Trinajstić information content (AvgIpc) is 2.67. The largest absolute Gasteiger partial charge is 0.462 e. The van der Waals surface area contributed by atoms with Gasteiger partial charge in [0.2, 0.25) is 0 Å². The van der Waals surface area contributed by atoms with E-state index in [9.17, 15) is 19.7 Å². The van der Waals surface area contributed by atoms with Crippen LogP contribution in [0.15, 0.2) is 48.5 Å². The first-order chi connectivity index (χ1) is 13.4. The quantitative estimate of drug-likeness (QED) is 0.409. The van der Waals surface area contributed by atoms with Crippen molar-refractivity contribution in [1.29, 1.82) is 0 Å². The molecule has 0 aliphatic heterocycles. The highest BCUT2D eigenvalue weighted by atomic mass is 16.6. The highest BCUT2D eigenvalue weighted by Gasteiger charge is 2.19. The van der Waals surface area contributed by atoms with Crippen molar-refractivity contribution in [2.24, 2.45) is 0 Å². The van der Waals surface area contributed by atoms with E-state index in [2.05, 4.69) is 10.3 Å². The molecule has 28 heavy (non-hydrogen) atoms. The Kier molecular flexibility index (Phi) is 5.30. The molecule has 0 aliphatic carbocycles. The van der Waals surface area contributed by atoms with E-state index in [0.717, 1.165) is 17.5 Å². The summed E-state index contributed by atoms with van der Waals surface area (Å²) in [7, 11) is 0. The van der Waals surface area contributed by atoms with E-state index in [0.29, 0.717) is 16.9 Å². The van der Waals surface area contributed by atoms with Gasteiger partial charge < -0.3 is 10.1 Å². The monoisotopic (exact) mass is 379 g/mol. The summed E-state index contributed by atoms with van der Waals surface area (Å²) in [5.41, 5.74) is 1.50. The lowest BCUT2D eigenvalue weighted by molar-refractivity contribution is -0.384. The summed E-state index contributed by atoms with van der Waals surface area (Å²) in [4.78, 5) is 39.7. The zero-order valence-electron chi connectivity index (χ0n) is 15.3. The molecule has 0 saturated carbocycles. The second kappa shape index (κ2) is 7.83. The van der Waals surface area contributed by atoms with Crippen molar-refractivity contribution in [3.05, 3.63) is 75.5 Å². The first kappa shape index (κ1) is 19.0. The van der Waals surface area contributed by atoms with Gasteiger partial charge in [0.05, 0.1) is 28.3 Å². The van der Waals surface area contributed by atoms with Crippen molar-refractivity contribution in [2.45, 2.75) is 13.8 Å². The maximum atomic E-state index is 12.8. The van der Waals surface area contributed by atoms with Crippen molar-refractivity contribution >= 4 is 34.2 Å². The van der Waals surface area contributed by atoms with Crippen LogP contribution in [-0.4, -0.2) is 28.4 Å². The van der Waals surface area contributed by atoms with Gasteiger partial charge in [-0.2, -0.15) is 0 Å². The number of hydrogen-bond acceptors (Lipinski definition) is 6. The van der Waals surface area contributed by atoms with Crippen molar-refractivity contribution < 1.29 is 19.2 Å². The maximum Gasteiger partial charge on any atom is 0.338 e. The number of carbonyl (C=O) groups excluding carboxylic acids is 2. The molecule has 142 valence electrons. The van der Waals surface area contributed by atoms with Crippen LogP contribution in [0.1, 0.15) is 33.3 Å². The Morgan fingerprint density at radius 2 is 1.86 bits per heavy atom. The number of aromatic nitrogens is 1. The summed E-state index contributed by atoms with van der Waals surface area (Å²) in [6.45, 7) is 3.54. The van der Waals surface area contributed by atoms with Gasteiger partial charge in [-0.15, -0.1) is 0 Å². The molecule has 0 spiro atoms. The molecule has 0 atom stereocenters. The van der Waals surface area contributed by atoms with Crippen LogP contribution < -0.4 is 5.32 Å². The third-order valence-corrected chi connectivity index (χ3v) is 3.99. The van der Waals surface area contributed by atoms with Gasteiger partial charge in [0.1, 0.15) is 0 Å². The number of hydrogen-bond donors (Lipinski definition) is 1. The molecule has 3 aromatic rings. The highest BCUT2D eigenvalue weighted by Crippen LogP contribution is 2.25. The number of nitrogens with zero attached hydrogens (tertiary/aromatic N) is 2. The average molecular weight is 379 g/mol. The van der Waals surface area contributed by atoms with Gasteiger partial charge >= 0.3 is 5.97 Å². The molecule has 0 aliphatic rings. The molecule has 0 unspecified atom stereocenters. The Morgan fingerprint density at radius 1 is 1.14 bits per heavy atom. The number of amides is 1. The number of aryl methyl sites for hydroxylation is 1. The molecule has 1 N–H and O–H groups in total. The Labute approximate surface area is 160 Å². The van der Waals surface area contributed by atoms with E-state index in [-0.39, 0.29) is 23.4 Å². The minimum absolute atomic E-state index is 0.0178. The number of nitro benzene ring substituents is 1. The van der Waals surface area contributed by atoms with Crippen LogP contribution in [0, 0.1) is 17.0 Å². The van der Waals surface area contributed by atoms with E-state index in [1.54, 1.807) is 19.9 Å². The fourth-order valence-electron chi connectivity index (χ4n) is 2.79. The highest BCUT2D eigenvalue weighted by molar-refractivity contribution is 6.10. The number of benzene rings is 2. The topological polar surface area (TPSA) is 111 Å². The number of ether oxygens (including phenoxy) is 1. The summed E-state index contributed by atoms with van der Waals surface area (Å²) in [6.07, 6.45) is 0. The summed E-state index contributed by atoms with van der Waals surface area (Å²) in [5, 5.41) is 14.7. The Bertz CT molecular complexity index is 1090. The summed E-state index contributed by atoms with van der Waals surface area (Å²) in [5.74, 6) is -1.31. The standard InChI is InChI=1S/C20H17N3O5/c1-3-28-20(25)14-9-13(10-15(11-14)23(26)27)19(24)22-18-8-12(2)21-17-7-5-4-6-16(17)18/h4-11H,3H2,1-2H3,(H,21,22,24). The number of nitro groups is 1. The molecule has 0 saturated heterocycles. The predicted molar refractivity (Wildman–Crippen MR) is 103 cm³/mol. The molecule has 1 amide bonds. The van der Waals surface area contributed by atoms with Gasteiger partial charge in [-0.05, 0) is 32.0 Å². The van der Waals surface area contributed by atoms with E-state index < -0.39 is 16.8 Å². The Morgan fingerprint density at radius 3 is 2.57 bits per heavy atom. The lowest BCUT2D eigenvalue weighted by Gasteiger charge is -2.10. The minimum Gasteiger partial charge on any atom is -0.462 e. The molecule has 1 heterocycles. The molecule has 0 bridgehead atoms. The first-order valence-electron chi connectivity index (χ1n) is 8.53. The number of non-ortho nitro benzene ring substituents is 1. The van der Waals surface area contributed by atoms with Crippen LogP contribution in [-0.2, 0) is 4.74 Å². The second-order valence-electron chi connectivity index (χ2n) is 6.03. The number of carbonyl (C=O) groups is 2. The van der Waals surface area contributed by atoms with E-state index in [4.69, 9.17) is 4.74 Å². The van der Waals surface area contributed by atoms with E-state index in [1.165, 1.54) is 6.07 Å². The van der Waals surface area contributed by atoms with E-state index >= 15 is 0 Å². The van der Waals surface area contributed by atoms with Crippen molar-refractivity contribution in [2.75, 3.05) is 11.9 Å². The molecule has 8 heteroatoms. The third kappa shape index (κ3) is 3.96. The molecule has 1 aromatic heterocycles. The Balaban J connectivity index is 2.01. The van der Waals surface area contributed by atoms with Crippen LogP contribution >= 0.6 is 0 Å². The molecule has 8 nitrogen and oxygen atoms in total. The number of nitrogens with one attached hydrogen (secondary N) is 1. The van der Waals surface area contributed by atoms with Gasteiger partial charge in [0.25, 0.3) is 11.6 Å². The Hall–Kier alpha value is -3.81. The summed E-state index contributed by atoms with van der Waals surface area (Å²) in [6, 6.07) is 12.5. The molecule has 2 aromatic carbocycles. The predicted octanol–water partition coefficient (Wildman–Crippen LogP) is 3.88. The number of esters is 1. The fourth-order valence-corrected chi connectivity index (χ4v) is 2.79. The van der Waals surface area contributed by atoms with Crippen LogP contribution in [0.4, 0.5) is 11.4 Å². The molecule has 3 rings (SSSR count). The van der Waals surface area contributed by atoms with Gasteiger partial charge in [-0.25, -0.2) is 4.79 Å². The van der Waals surface area contributed by atoms with Gasteiger partial charge in [0.15, 0.2) is 0 Å².